The molecule has 1 heterocycles. The van der Waals surface area contributed by atoms with Crippen molar-refractivity contribution in [2.75, 3.05) is 18.1 Å². The molecule has 84 valence electrons. The predicted octanol–water partition coefficient (Wildman–Crippen LogP) is -0.0890. The first-order chi connectivity index (χ1) is 6.42. The van der Waals surface area contributed by atoms with Crippen LogP contribution in [0.4, 0.5) is 0 Å². The van der Waals surface area contributed by atoms with Gasteiger partial charge < -0.3 is 10.8 Å². The SMILES string of the molecule is CC(N)C1(CCO)CCCS(=O)(=O)C1. The second kappa shape index (κ2) is 4.16. The van der Waals surface area contributed by atoms with Crippen LogP contribution < -0.4 is 5.73 Å². The molecule has 0 aromatic rings. The van der Waals surface area contributed by atoms with Crippen molar-refractivity contribution in [2.45, 2.75) is 32.2 Å². The van der Waals surface area contributed by atoms with Crippen molar-refractivity contribution in [3.05, 3.63) is 0 Å². The fourth-order valence-corrected chi connectivity index (χ4v) is 4.39. The molecule has 1 aliphatic rings. The molecule has 0 aliphatic carbocycles. The van der Waals surface area contributed by atoms with Gasteiger partial charge in [0.25, 0.3) is 0 Å². The lowest BCUT2D eigenvalue weighted by Gasteiger charge is -2.39. The average Bonchev–Trinajstić information content (AvgIpc) is 2.02. The quantitative estimate of drug-likeness (QED) is 0.698. The van der Waals surface area contributed by atoms with Gasteiger partial charge >= 0.3 is 0 Å². The predicted molar refractivity (Wildman–Crippen MR) is 55.7 cm³/mol. The third-order valence-electron chi connectivity index (χ3n) is 3.21. The Morgan fingerprint density at radius 1 is 1.57 bits per heavy atom. The lowest BCUT2D eigenvalue weighted by molar-refractivity contribution is 0.158. The van der Waals surface area contributed by atoms with E-state index in [1.165, 1.54) is 0 Å². The molecule has 1 saturated heterocycles. The highest BCUT2D eigenvalue weighted by Gasteiger charge is 2.41. The largest absolute Gasteiger partial charge is 0.396 e. The summed E-state index contributed by atoms with van der Waals surface area (Å²) in [5.74, 6) is 0.408. The van der Waals surface area contributed by atoms with E-state index in [4.69, 9.17) is 10.8 Å². The Balaban J connectivity index is 2.87. The van der Waals surface area contributed by atoms with E-state index >= 15 is 0 Å². The summed E-state index contributed by atoms with van der Waals surface area (Å²) in [5.41, 5.74) is 5.44. The summed E-state index contributed by atoms with van der Waals surface area (Å²) in [4.78, 5) is 0. The fourth-order valence-electron chi connectivity index (χ4n) is 2.23. The van der Waals surface area contributed by atoms with Gasteiger partial charge in [-0.3, -0.25) is 0 Å². The maximum absolute atomic E-state index is 11.5. The van der Waals surface area contributed by atoms with E-state index in [2.05, 4.69) is 0 Å². The van der Waals surface area contributed by atoms with Crippen LogP contribution in [-0.4, -0.2) is 37.7 Å². The van der Waals surface area contributed by atoms with Crippen LogP contribution in [0.1, 0.15) is 26.2 Å². The van der Waals surface area contributed by atoms with Gasteiger partial charge in [-0.05, 0) is 26.2 Å². The summed E-state index contributed by atoms with van der Waals surface area (Å²) in [6.07, 6.45) is 1.97. The molecule has 2 atom stereocenters. The van der Waals surface area contributed by atoms with Gasteiger partial charge in [0.2, 0.25) is 0 Å². The van der Waals surface area contributed by atoms with Crippen LogP contribution in [0.25, 0.3) is 0 Å². The Morgan fingerprint density at radius 3 is 2.64 bits per heavy atom. The molecule has 0 amide bonds. The maximum Gasteiger partial charge on any atom is 0.150 e. The molecule has 14 heavy (non-hydrogen) atoms. The number of hydrogen-bond donors (Lipinski definition) is 2. The van der Waals surface area contributed by atoms with Crippen molar-refractivity contribution in [3.8, 4) is 0 Å². The van der Waals surface area contributed by atoms with Gasteiger partial charge in [-0.25, -0.2) is 8.42 Å². The third-order valence-corrected chi connectivity index (χ3v) is 5.14. The topological polar surface area (TPSA) is 80.4 Å². The molecule has 0 aromatic carbocycles. The third kappa shape index (κ3) is 2.46. The molecule has 5 heteroatoms. The van der Waals surface area contributed by atoms with Gasteiger partial charge in [-0.1, -0.05) is 0 Å². The molecule has 1 fully saturated rings. The Labute approximate surface area is 85.4 Å². The van der Waals surface area contributed by atoms with Crippen LogP contribution in [0.2, 0.25) is 0 Å². The van der Waals surface area contributed by atoms with Crippen molar-refractivity contribution >= 4 is 9.84 Å². The van der Waals surface area contributed by atoms with E-state index in [0.717, 1.165) is 6.42 Å². The number of aliphatic hydroxyl groups is 1. The summed E-state index contributed by atoms with van der Waals surface area (Å²) < 4.78 is 23.0. The zero-order valence-corrected chi connectivity index (χ0v) is 9.39. The molecular formula is C9H19NO3S. The smallest absolute Gasteiger partial charge is 0.150 e. The molecule has 1 rings (SSSR count). The standard InChI is InChI=1S/C9H19NO3S/c1-8(10)9(4-5-11)3-2-6-14(12,13)7-9/h8,11H,2-7,10H2,1H3. The van der Waals surface area contributed by atoms with Gasteiger partial charge in [-0.15, -0.1) is 0 Å². The number of rotatable bonds is 3. The molecule has 2 unspecified atom stereocenters. The minimum absolute atomic E-state index is 0.0110. The molecule has 0 bridgehead atoms. The van der Waals surface area contributed by atoms with Crippen LogP contribution in [-0.2, 0) is 9.84 Å². The van der Waals surface area contributed by atoms with Crippen molar-refractivity contribution in [3.63, 3.8) is 0 Å². The van der Waals surface area contributed by atoms with Gasteiger partial charge in [0, 0.05) is 18.1 Å². The molecule has 0 spiro atoms. The Bertz CT molecular complexity index is 282. The number of nitrogens with two attached hydrogens (primary N) is 1. The van der Waals surface area contributed by atoms with Gasteiger partial charge in [0.1, 0.15) is 0 Å². The summed E-state index contributed by atoms with van der Waals surface area (Å²) in [7, 11) is -2.95. The Morgan fingerprint density at radius 2 is 2.21 bits per heavy atom. The molecule has 1 aliphatic heterocycles. The molecule has 0 saturated carbocycles. The molecular weight excluding hydrogens is 202 g/mol. The Hall–Kier alpha value is -0.130. The second-order valence-electron chi connectivity index (χ2n) is 4.32. The average molecular weight is 221 g/mol. The molecule has 3 N–H and O–H groups in total. The highest BCUT2D eigenvalue weighted by Crippen LogP contribution is 2.36. The normalized spacial score (nSPS) is 33.9. The van der Waals surface area contributed by atoms with Crippen molar-refractivity contribution in [2.24, 2.45) is 11.1 Å². The summed E-state index contributed by atoms with van der Waals surface area (Å²) >= 11 is 0. The lowest BCUT2D eigenvalue weighted by atomic mass is 9.76. The number of sulfone groups is 1. The minimum atomic E-state index is -2.95. The monoisotopic (exact) mass is 221 g/mol. The van der Waals surface area contributed by atoms with Crippen LogP contribution in [0, 0.1) is 5.41 Å². The van der Waals surface area contributed by atoms with E-state index in [9.17, 15) is 8.42 Å². The molecule has 0 aromatic heterocycles. The molecule has 0 radical (unpaired) electrons. The highest BCUT2D eigenvalue weighted by molar-refractivity contribution is 7.91. The van der Waals surface area contributed by atoms with Crippen LogP contribution >= 0.6 is 0 Å². The van der Waals surface area contributed by atoms with Gasteiger partial charge in [0.05, 0.1) is 11.5 Å². The number of aliphatic hydroxyl groups excluding tert-OH is 1. The van der Waals surface area contributed by atoms with Crippen LogP contribution in [0.5, 0.6) is 0 Å². The minimum Gasteiger partial charge on any atom is -0.396 e. The summed E-state index contributed by atoms with van der Waals surface area (Å²) in [6, 6.07) is -0.176. The van der Waals surface area contributed by atoms with E-state index in [1.807, 2.05) is 6.92 Å². The van der Waals surface area contributed by atoms with E-state index in [-0.39, 0.29) is 24.2 Å². The first kappa shape index (κ1) is 11.9. The first-order valence-corrected chi connectivity index (χ1v) is 6.81. The van der Waals surface area contributed by atoms with E-state index in [0.29, 0.717) is 12.8 Å². The highest BCUT2D eigenvalue weighted by atomic mass is 32.2. The van der Waals surface area contributed by atoms with E-state index in [1.54, 1.807) is 0 Å². The zero-order valence-electron chi connectivity index (χ0n) is 8.57. The van der Waals surface area contributed by atoms with Gasteiger partial charge in [-0.2, -0.15) is 0 Å². The van der Waals surface area contributed by atoms with Crippen molar-refractivity contribution in [1.29, 1.82) is 0 Å². The lowest BCUT2D eigenvalue weighted by Crippen LogP contribution is -2.48. The summed E-state index contributed by atoms with van der Waals surface area (Å²) in [6.45, 7) is 1.84. The maximum atomic E-state index is 11.5. The zero-order chi connectivity index (χ0) is 10.8. The van der Waals surface area contributed by atoms with E-state index < -0.39 is 15.3 Å². The first-order valence-electron chi connectivity index (χ1n) is 4.99. The van der Waals surface area contributed by atoms with Gasteiger partial charge in [0.15, 0.2) is 9.84 Å². The van der Waals surface area contributed by atoms with Crippen LogP contribution in [0.15, 0.2) is 0 Å². The second-order valence-corrected chi connectivity index (χ2v) is 6.50. The molecule has 4 nitrogen and oxygen atoms in total. The Kier molecular flexibility index (Phi) is 3.55. The summed E-state index contributed by atoms with van der Waals surface area (Å²) in [5, 5.41) is 8.95. The number of hydrogen-bond acceptors (Lipinski definition) is 4. The van der Waals surface area contributed by atoms with Crippen molar-refractivity contribution < 1.29 is 13.5 Å². The fraction of sp³-hybridized carbons (Fsp3) is 1.00. The van der Waals surface area contributed by atoms with Crippen molar-refractivity contribution in [1.82, 2.24) is 0 Å². The van der Waals surface area contributed by atoms with Crippen LogP contribution in [0.3, 0.4) is 0 Å².